The van der Waals surface area contributed by atoms with Crippen LogP contribution in [-0.2, 0) is 11.2 Å². The maximum absolute atomic E-state index is 6.12. The van der Waals surface area contributed by atoms with E-state index in [1.54, 1.807) is 12.4 Å². The zero-order valence-corrected chi connectivity index (χ0v) is 9.45. The molecular formula is C11H16N2OS. The van der Waals surface area contributed by atoms with Crippen molar-refractivity contribution in [3.63, 3.8) is 0 Å². The van der Waals surface area contributed by atoms with E-state index < -0.39 is 0 Å². The lowest BCUT2D eigenvalue weighted by molar-refractivity contribution is 0.0572. The average Bonchev–Trinajstić information content (AvgIpc) is 2.31. The summed E-state index contributed by atoms with van der Waals surface area (Å²) in [5, 5.41) is 0. The molecule has 1 saturated heterocycles. The van der Waals surface area contributed by atoms with Crippen LogP contribution < -0.4 is 5.73 Å². The first-order valence-electron chi connectivity index (χ1n) is 5.20. The molecule has 0 spiro atoms. The van der Waals surface area contributed by atoms with E-state index in [0.717, 1.165) is 24.5 Å². The molecule has 0 aliphatic carbocycles. The standard InChI is InChI=1S/C11H16N2OS/c12-10(11-8-15-6-5-14-11)7-9-1-3-13-4-2-9/h1-4,10-11H,5-8,12H2. The lowest BCUT2D eigenvalue weighted by Gasteiger charge is -2.27. The summed E-state index contributed by atoms with van der Waals surface area (Å²) < 4.78 is 5.65. The fraction of sp³-hybridized carbons (Fsp3) is 0.545. The number of hydrogen-bond donors (Lipinski definition) is 1. The molecule has 2 unspecified atom stereocenters. The van der Waals surface area contributed by atoms with E-state index in [-0.39, 0.29) is 12.1 Å². The fourth-order valence-electron chi connectivity index (χ4n) is 1.68. The van der Waals surface area contributed by atoms with Crippen LogP contribution in [0, 0.1) is 0 Å². The van der Waals surface area contributed by atoms with Crippen LogP contribution in [0.2, 0.25) is 0 Å². The van der Waals surface area contributed by atoms with Gasteiger partial charge < -0.3 is 10.5 Å². The van der Waals surface area contributed by atoms with Crippen molar-refractivity contribution in [1.82, 2.24) is 4.98 Å². The first kappa shape index (κ1) is 10.9. The molecule has 0 radical (unpaired) electrons. The van der Waals surface area contributed by atoms with Gasteiger partial charge in [0.1, 0.15) is 0 Å². The predicted octanol–water partition coefficient (Wildman–Crippen LogP) is 1.08. The van der Waals surface area contributed by atoms with Gasteiger partial charge >= 0.3 is 0 Å². The van der Waals surface area contributed by atoms with E-state index in [4.69, 9.17) is 10.5 Å². The van der Waals surface area contributed by atoms with Crippen LogP contribution in [-0.4, -0.2) is 35.2 Å². The number of nitrogens with two attached hydrogens (primary N) is 1. The highest BCUT2D eigenvalue weighted by molar-refractivity contribution is 7.99. The Morgan fingerprint density at radius 3 is 3.00 bits per heavy atom. The quantitative estimate of drug-likeness (QED) is 0.834. The van der Waals surface area contributed by atoms with Crippen molar-refractivity contribution in [2.45, 2.75) is 18.6 Å². The van der Waals surface area contributed by atoms with Crippen LogP contribution in [0.3, 0.4) is 0 Å². The topological polar surface area (TPSA) is 48.1 Å². The molecule has 4 heteroatoms. The Morgan fingerprint density at radius 2 is 2.33 bits per heavy atom. The Bertz CT molecular complexity index is 288. The van der Waals surface area contributed by atoms with Crippen LogP contribution in [0.1, 0.15) is 5.56 Å². The largest absolute Gasteiger partial charge is 0.375 e. The first-order valence-corrected chi connectivity index (χ1v) is 6.35. The highest BCUT2D eigenvalue weighted by Gasteiger charge is 2.21. The van der Waals surface area contributed by atoms with Crippen LogP contribution in [0.25, 0.3) is 0 Å². The van der Waals surface area contributed by atoms with E-state index >= 15 is 0 Å². The lowest BCUT2D eigenvalue weighted by Crippen LogP contribution is -2.42. The summed E-state index contributed by atoms with van der Waals surface area (Å²) in [7, 11) is 0. The van der Waals surface area contributed by atoms with Gasteiger partial charge in [-0.25, -0.2) is 0 Å². The van der Waals surface area contributed by atoms with Crippen LogP contribution in [0.5, 0.6) is 0 Å². The second-order valence-electron chi connectivity index (χ2n) is 3.71. The molecule has 0 amide bonds. The Balaban J connectivity index is 1.88. The summed E-state index contributed by atoms with van der Waals surface area (Å²) in [6.45, 7) is 0.833. The molecule has 0 aromatic carbocycles. The molecule has 1 aromatic rings. The van der Waals surface area contributed by atoms with Gasteiger partial charge in [-0.2, -0.15) is 11.8 Å². The minimum Gasteiger partial charge on any atom is -0.375 e. The van der Waals surface area contributed by atoms with Crippen molar-refractivity contribution >= 4 is 11.8 Å². The Labute approximate surface area is 94.4 Å². The van der Waals surface area contributed by atoms with Crippen LogP contribution in [0.4, 0.5) is 0 Å². The Hall–Kier alpha value is -0.580. The van der Waals surface area contributed by atoms with Crippen molar-refractivity contribution in [2.75, 3.05) is 18.1 Å². The van der Waals surface area contributed by atoms with Crippen LogP contribution in [0.15, 0.2) is 24.5 Å². The molecule has 3 nitrogen and oxygen atoms in total. The van der Waals surface area contributed by atoms with E-state index in [1.807, 2.05) is 23.9 Å². The van der Waals surface area contributed by atoms with Gasteiger partial charge in [-0.1, -0.05) is 0 Å². The highest BCUT2D eigenvalue weighted by Crippen LogP contribution is 2.16. The summed E-state index contributed by atoms with van der Waals surface area (Å²) in [5.74, 6) is 2.12. The summed E-state index contributed by atoms with van der Waals surface area (Å²) in [4.78, 5) is 3.99. The molecule has 2 N–H and O–H groups in total. The number of nitrogens with zero attached hydrogens (tertiary/aromatic N) is 1. The van der Waals surface area contributed by atoms with Gasteiger partial charge in [0.15, 0.2) is 0 Å². The molecule has 2 heterocycles. The van der Waals surface area contributed by atoms with Gasteiger partial charge in [0.2, 0.25) is 0 Å². The molecule has 15 heavy (non-hydrogen) atoms. The molecule has 1 aliphatic rings. The van der Waals surface area contributed by atoms with Gasteiger partial charge in [0.25, 0.3) is 0 Å². The SMILES string of the molecule is NC(Cc1ccncc1)C1CSCCO1. The van der Waals surface area contributed by atoms with Gasteiger partial charge in [0, 0.05) is 29.9 Å². The summed E-state index contributed by atoms with van der Waals surface area (Å²) in [6, 6.07) is 4.12. The zero-order valence-electron chi connectivity index (χ0n) is 8.63. The van der Waals surface area contributed by atoms with Crippen LogP contribution >= 0.6 is 11.8 Å². The number of hydrogen-bond acceptors (Lipinski definition) is 4. The van der Waals surface area contributed by atoms with Gasteiger partial charge in [0.05, 0.1) is 12.7 Å². The Morgan fingerprint density at radius 1 is 1.53 bits per heavy atom. The van der Waals surface area contributed by atoms with Gasteiger partial charge in [-0.05, 0) is 24.1 Å². The van der Waals surface area contributed by atoms with Crippen molar-refractivity contribution in [3.8, 4) is 0 Å². The molecule has 0 bridgehead atoms. The van der Waals surface area contributed by atoms with E-state index in [9.17, 15) is 0 Å². The third-order valence-electron chi connectivity index (χ3n) is 2.54. The summed E-state index contributed by atoms with van der Waals surface area (Å²) in [5.41, 5.74) is 7.35. The van der Waals surface area contributed by atoms with E-state index in [2.05, 4.69) is 4.98 Å². The third kappa shape index (κ3) is 3.19. The number of aromatic nitrogens is 1. The monoisotopic (exact) mass is 224 g/mol. The number of ether oxygens (including phenoxy) is 1. The molecule has 1 aliphatic heterocycles. The smallest absolute Gasteiger partial charge is 0.0819 e. The molecule has 1 aromatic heterocycles. The molecule has 2 rings (SSSR count). The lowest BCUT2D eigenvalue weighted by atomic mass is 10.0. The molecule has 1 fully saturated rings. The number of pyridine rings is 1. The highest BCUT2D eigenvalue weighted by atomic mass is 32.2. The number of rotatable bonds is 3. The van der Waals surface area contributed by atoms with Crippen molar-refractivity contribution in [2.24, 2.45) is 5.73 Å². The molecule has 2 atom stereocenters. The summed E-state index contributed by atoms with van der Waals surface area (Å²) in [6.07, 6.45) is 4.68. The third-order valence-corrected chi connectivity index (χ3v) is 3.56. The zero-order chi connectivity index (χ0) is 10.5. The van der Waals surface area contributed by atoms with Crippen molar-refractivity contribution in [3.05, 3.63) is 30.1 Å². The minimum absolute atomic E-state index is 0.0974. The minimum atomic E-state index is 0.0974. The average molecular weight is 224 g/mol. The number of thioether (sulfide) groups is 1. The van der Waals surface area contributed by atoms with E-state index in [1.165, 1.54) is 5.56 Å². The second-order valence-corrected chi connectivity index (χ2v) is 4.86. The van der Waals surface area contributed by atoms with Gasteiger partial charge in [-0.3, -0.25) is 4.98 Å². The molecule has 82 valence electrons. The van der Waals surface area contributed by atoms with Gasteiger partial charge in [-0.15, -0.1) is 0 Å². The normalized spacial score (nSPS) is 23.7. The Kier molecular flexibility index (Phi) is 4.00. The molecule has 0 saturated carbocycles. The summed E-state index contributed by atoms with van der Waals surface area (Å²) >= 11 is 1.92. The fourth-order valence-corrected chi connectivity index (χ4v) is 2.63. The van der Waals surface area contributed by atoms with E-state index in [0.29, 0.717) is 0 Å². The maximum Gasteiger partial charge on any atom is 0.0819 e. The van der Waals surface area contributed by atoms with Crippen molar-refractivity contribution in [1.29, 1.82) is 0 Å². The first-order chi connectivity index (χ1) is 7.36. The maximum atomic E-state index is 6.12. The molecular weight excluding hydrogens is 208 g/mol. The van der Waals surface area contributed by atoms with Crippen molar-refractivity contribution < 1.29 is 4.74 Å². The second kappa shape index (κ2) is 5.49. The predicted molar refractivity (Wildman–Crippen MR) is 63.0 cm³/mol.